The van der Waals surface area contributed by atoms with Gasteiger partial charge in [0.25, 0.3) is 0 Å². The van der Waals surface area contributed by atoms with Crippen LogP contribution < -0.4 is 10.5 Å². The molecule has 0 radical (unpaired) electrons. The van der Waals surface area contributed by atoms with Gasteiger partial charge in [0.1, 0.15) is 5.75 Å². The minimum Gasteiger partial charge on any atom is -0.497 e. The van der Waals surface area contributed by atoms with Crippen molar-refractivity contribution < 1.29 is 9.47 Å². The molecule has 1 aliphatic heterocycles. The van der Waals surface area contributed by atoms with E-state index in [1.165, 1.54) is 5.56 Å². The highest BCUT2D eigenvalue weighted by atomic mass is 16.5. The average molecular weight is 264 g/mol. The standard InChI is InChI=1S/C15H24N2O2/c1-12(16)15-11-17(9-10-19-15)8-7-13-3-5-14(18-2)6-4-13/h3-6,12,15H,7-11,16H2,1-2H3. The molecule has 2 atom stereocenters. The van der Waals surface area contributed by atoms with Gasteiger partial charge in [-0.3, -0.25) is 4.90 Å². The van der Waals surface area contributed by atoms with Gasteiger partial charge in [-0.05, 0) is 31.0 Å². The Morgan fingerprint density at radius 2 is 2.16 bits per heavy atom. The fourth-order valence-corrected chi connectivity index (χ4v) is 2.33. The molecule has 0 aromatic heterocycles. The van der Waals surface area contributed by atoms with Gasteiger partial charge in [0.05, 0.1) is 19.8 Å². The molecule has 1 aliphatic rings. The summed E-state index contributed by atoms with van der Waals surface area (Å²) in [5.74, 6) is 0.909. The van der Waals surface area contributed by atoms with Crippen LogP contribution in [0.5, 0.6) is 5.75 Å². The molecule has 4 heteroatoms. The number of ether oxygens (including phenoxy) is 2. The summed E-state index contributed by atoms with van der Waals surface area (Å²) in [6, 6.07) is 8.38. The van der Waals surface area contributed by atoms with Crippen molar-refractivity contribution in [1.29, 1.82) is 0 Å². The van der Waals surface area contributed by atoms with Crippen LogP contribution in [0.2, 0.25) is 0 Å². The summed E-state index contributed by atoms with van der Waals surface area (Å²) in [4.78, 5) is 2.43. The quantitative estimate of drug-likeness (QED) is 0.870. The van der Waals surface area contributed by atoms with E-state index in [-0.39, 0.29) is 12.1 Å². The molecule has 2 N–H and O–H groups in total. The Labute approximate surface area is 115 Å². The van der Waals surface area contributed by atoms with Gasteiger partial charge in [-0.15, -0.1) is 0 Å². The van der Waals surface area contributed by atoms with Crippen LogP contribution in [0, 0.1) is 0 Å². The van der Waals surface area contributed by atoms with Crippen LogP contribution in [0.15, 0.2) is 24.3 Å². The lowest BCUT2D eigenvalue weighted by atomic mass is 10.1. The van der Waals surface area contributed by atoms with Crippen molar-refractivity contribution in [3.05, 3.63) is 29.8 Å². The average Bonchev–Trinajstić information content (AvgIpc) is 2.46. The number of morpholine rings is 1. The van der Waals surface area contributed by atoms with Gasteiger partial charge in [-0.25, -0.2) is 0 Å². The summed E-state index contributed by atoms with van der Waals surface area (Å²) in [6.45, 7) is 5.79. The molecule has 0 amide bonds. The Balaban J connectivity index is 1.80. The van der Waals surface area contributed by atoms with E-state index < -0.39 is 0 Å². The first-order valence-electron chi connectivity index (χ1n) is 6.91. The van der Waals surface area contributed by atoms with E-state index >= 15 is 0 Å². The molecule has 106 valence electrons. The van der Waals surface area contributed by atoms with Crippen LogP contribution in [0.25, 0.3) is 0 Å². The second kappa shape index (κ2) is 6.89. The number of nitrogens with zero attached hydrogens (tertiary/aromatic N) is 1. The largest absolute Gasteiger partial charge is 0.497 e. The first-order valence-corrected chi connectivity index (χ1v) is 6.91. The second-order valence-corrected chi connectivity index (χ2v) is 5.17. The van der Waals surface area contributed by atoms with Crippen molar-refractivity contribution in [2.75, 3.05) is 33.4 Å². The zero-order chi connectivity index (χ0) is 13.7. The van der Waals surface area contributed by atoms with Crippen molar-refractivity contribution in [2.24, 2.45) is 5.73 Å². The number of benzene rings is 1. The van der Waals surface area contributed by atoms with Gasteiger partial charge >= 0.3 is 0 Å². The molecular weight excluding hydrogens is 240 g/mol. The van der Waals surface area contributed by atoms with Crippen LogP contribution in [0.4, 0.5) is 0 Å². The molecule has 1 aromatic rings. The van der Waals surface area contributed by atoms with Gasteiger partial charge in [-0.2, -0.15) is 0 Å². The third kappa shape index (κ3) is 4.20. The predicted octanol–water partition coefficient (Wildman–Crippen LogP) is 1.29. The van der Waals surface area contributed by atoms with Gasteiger partial charge in [0.2, 0.25) is 0 Å². The molecule has 0 aliphatic carbocycles. The van der Waals surface area contributed by atoms with Crippen molar-refractivity contribution >= 4 is 0 Å². The number of nitrogens with two attached hydrogens (primary N) is 1. The van der Waals surface area contributed by atoms with Crippen molar-refractivity contribution in [2.45, 2.75) is 25.5 Å². The van der Waals surface area contributed by atoms with Crippen molar-refractivity contribution in [3.63, 3.8) is 0 Å². The predicted molar refractivity (Wildman–Crippen MR) is 76.5 cm³/mol. The molecule has 1 aromatic carbocycles. The SMILES string of the molecule is COc1ccc(CCN2CCOC(C(C)N)C2)cc1. The van der Waals surface area contributed by atoms with Crippen LogP contribution >= 0.6 is 0 Å². The highest BCUT2D eigenvalue weighted by Crippen LogP contribution is 2.13. The minimum absolute atomic E-state index is 0.101. The number of hydrogen-bond donors (Lipinski definition) is 1. The molecule has 1 heterocycles. The monoisotopic (exact) mass is 264 g/mol. The molecule has 0 spiro atoms. The normalized spacial score (nSPS) is 22.2. The van der Waals surface area contributed by atoms with Crippen molar-refractivity contribution in [3.8, 4) is 5.75 Å². The Morgan fingerprint density at radius 3 is 2.79 bits per heavy atom. The van der Waals surface area contributed by atoms with E-state index in [0.717, 1.165) is 38.4 Å². The maximum atomic E-state index is 5.90. The smallest absolute Gasteiger partial charge is 0.118 e. The summed E-state index contributed by atoms with van der Waals surface area (Å²) in [5, 5.41) is 0. The van der Waals surface area contributed by atoms with Gasteiger partial charge in [-0.1, -0.05) is 12.1 Å². The molecule has 19 heavy (non-hydrogen) atoms. The molecule has 1 saturated heterocycles. The fourth-order valence-electron chi connectivity index (χ4n) is 2.33. The van der Waals surface area contributed by atoms with E-state index in [2.05, 4.69) is 17.0 Å². The zero-order valence-electron chi connectivity index (χ0n) is 11.8. The summed E-state index contributed by atoms with van der Waals surface area (Å²) >= 11 is 0. The lowest BCUT2D eigenvalue weighted by Crippen LogP contribution is -2.49. The van der Waals surface area contributed by atoms with E-state index in [0.29, 0.717) is 0 Å². The summed E-state index contributed by atoms with van der Waals surface area (Å²) in [5.41, 5.74) is 7.24. The number of rotatable bonds is 5. The van der Waals surface area contributed by atoms with E-state index in [9.17, 15) is 0 Å². The third-order valence-electron chi connectivity index (χ3n) is 3.64. The van der Waals surface area contributed by atoms with Crippen molar-refractivity contribution in [1.82, 2.24) is 4.90 Å². The molecule has 2 unspecified atom stereocenters. The van der Waals surface area contributed by atoms with Crippen LogP contribution in [-0.2, 0) is 11.2 Å². The summed E-state index contributed by atoms with van der Waals surface area (Å²) in [6.07, 6.45) is 1.22. The minimum atomic E-state index is 0.101. The Kier molecular flexibility index (Phi) is 5.19. The van der Waals surface area contributed by atoms with Crippen LogP contribution in [-0.4, -0.2) is 50.4 Å². The highest BCUT2D eigenvalue weighted by Gasteiger charge is 2.22. The molecule has 4 nitrogen and oxygen atoms in total. The van der Waals surface area contributed by atoms with E-state index in [1.807, 2.05) is 19.1 Å². The van der Waals surface area contributed by atoms with Crippen LogP contribution in [0.1, 0.15) is 12.5 Å². The molecule has 0 saturated carbocycles. The Morgan fingerprint density at radius 1 is 1.42 bits per heavy atom. The van der Waals surface area contributed by atoms with Crippen LogP contribution in [0.3, 0.4) is 0 Å². The van der Waals surface area contributed by atoms with E-state index in [4.69, 9.17) is 15.2 Å². The van der Waals surface area contributed by atoms with Gasteiger partial charge in [0.15, 0.2) is 0 Å². The topological polar surface area (TPSA) is 47.7 Å². The zero-order valence-corrected chi connectivity index (χ0v) is 11.8. The fraction of sp³-hybridized carbons (Fsp3) is 0.600. The number of hydrogen-bond acceptors (Lipinski definition) is 4. The second-order valence-electron chi connectivity index (χ2n) is 5.17. The maximum Gasteiger partial charge on any atom is 0.118 e. The molecular formula is C15H24N2O2. The lowest BCUT2D eigenvalue weighted by molar-refractivity contribution is -0.0371. The third-order valence-corrected chi connectivity index (χ3v) is 3.64. The summed E-state index contributed by atoms with van der Waals surface area (Å²) < 4.78 is 10.8. The van der Waals surface area contributed by atoms with E-state index in [1.54, 1.807) is 7.11 Å². The van der Waals surface area contributed by atoms with Gasteiger partial charge in [0, 0.05) is 25.7 Å². The Hall–Kier alpha value is -1.10. The first-order chi connectivity index (χ1) is 9.19. The molecule has 1 fully saturated rings. The maximum absolute atomic E-state index is 5.90. The highest BCUT2D eigenvalue weighted by molar-refractivity contribution is 5.27. The lowest BCUT2D eigenvalue weighted by Gasteiger charge is -2.34. The molecule has 2 rings (SSSR count). The number of methoxy groups -OCH3 is 1. The summed E-state index contributed by atoms with van der Waals surface area (Å²) in [7, 11) is 1.69. The first kappa shape index (κ1) is 14.3. The molecule has 0 bridgehead atoms. The van der Waals surface area contributed by atoms with Gasteiger partial charge < -0.3 is 15.2 Å². The Bertz CT molecular complexity index is 378.